The first-order valence-electron chi connectivity index (χ1n) is 11.4. The summed E-state index contributed by atoms with van der Waals surface area (Å²) in [6.07, 6.45) is 3.01. The molecule has 0 aliphatic carbocycles. The van der Waals surface area contributed by atoms with Gasteiger partial charge in [-0.15, -0.1) is 0 Å². The fraction of sp³-hybridized carbons (Fsp3) is 0. The lowest BCUT2D eigenvalue weighted by atomic mass is 10.1. The number of nitrogens with zero attached hydrogens (tertiary/aromatic N) is 5. The minimum atomic E-state index is -0.249. The quantitative estimate of drug-likeness (QED) is 0.326. The van der Waals surface area contributed by atoms with Crippen molar-refractivity contribution in [1.29, 1.82) is 5.41 Å². The second-order valence-corrected chi connectivity index (χ2v) is 8.84. The normalized spacial score (nSPS) is 11.2. The highest BCUT2D eigenvalue weighted by Crippen LogP contribution is 2.27. The Morgan fingerprint density at radius 3 is 2.16 bits per heavy atom. The van der Waals surface area contributed by atoms with E-state index in [0.29, 0.717) is 33.1 Å². The smallest absolute Gasteiger partial charge is 0.269 e. The minimum absolute atomic E-state index is 0.0140. The molecule has 8 nitrogen and oxygen atoms in total. The van der Waals surface area contributed by atoms with Crippen molar-refractivity contribution >= 4 is 22.6 Å². The van der Waals surface area contributed by atoms with E-state index in [1.54, 1.807) is 39.6 Å². The summed E-state index contributed by atoms with van der Waals surface area (Å²) < 4.78 is 3.98. The summed E-state index contributed by atoms with van der Waals surface area (Å²) in [6, 6.07) is 27.3. The molecule has 6 rings (SSSR count). The van der Waals surface area contributed by atoms with E-state index in [2.05, 4.69) is 5.10 Å². The molecule has 0 fully saturated rings. The summed E-state index contributed by atoms with van der Waals surface area (Å²) in [6.45, 7) is 0. The molecule has 0 aliphatic heterocycles. The van der Waals surface area contributed by atoms with E-state index in [-0.39, 0.29) is 11.0 Å². The predicted molar refractivity (Wildman–Crippen MR) is 141 cm³/mol. The van der Waals surface area contributed by atoms with Gasteiger partial charge in [-0.2, -0.15) is 9.83 Å². The van der Waals surface area contributed by atoms with Gasteiger partial charge in [-0.1, -0.05) is 54.1 Å². The van der Waals surface area contributed by atoms with Crippen molar-refractivity contribution in [2.24, 2.45) is 0 Å². The molecule has 0 amide bonds. The number of hydrogen-bond donors (Lipinski definition) is 2. The molecule has 3 aromatic heterocycles. The van der Waals surface area contributed by atoms with Crippen molar-refractivity contribution in [3.8, 4) is 33.9 Å². The van der Waals surface area contributed by atoms with Crippen molar-refractivity contribution in [2.45, 2.75) is 0 Å². The lowest BCUT2D eigenvalue weighted by Crippen LogP contribution is -2.22. The SMILES string of the molecule is N=c1ccc(-c2ccc(-c3nc4c(cnn4-c4ccccc4)c(=O)n3-c3ccc(Cl)cc3)cc2)cn1O. The van der Waals surface area contributed by atoms with E-state index >= 15 is 0 Å². The monoisotopic (exact) mass is 506 g/mol. The summed E-state index contributed by atoms with van der Waals surface area (Å²) in [5.41, 5.74) is 3.90. The van der Waals surface area contributed by atoms with Gasteiger partial charge in [0.25, 0.3) is 5.56 Å². The van der Waals surface area contributed by atoms with Crippen molar-refractivity contribution in [2.75, 3.05) is 0 Å². The molecule has 0 saturated carbocycles. The Hall–Kier alpha value is -4.95. The van der Waals surface area contributed by atoms with Crippen molar-refractivity contribution in [1.82, 2.24) is 24.1 Å². The van der Waals surface area contributed by atoms with Crippen LogP contribution in [0.4, 0.5) is 0 Å². The van der Waals surface area contributed by atoms with Crippen LogP contribution in [0.1, 0.15) is 0 Å². The van der Waals surface area contributed by atoms with Crippen LogP contribution in [-0.2, 0) is 0 Å². The van der Waals surface area contributed by atoms with Crippen molar-refractivity contribution in [3.05, 3.63) is 124 Å². The summed E-state index contributed by atoms with van der Waals surface area (Å²) in [5, 5.41) is 22.9. The molecule has 0 bridgehead atoms. The molecular formula is C28H19ClN6O2. The van der Waals surface area contributed by atoms with Gasteiger partial charge in [-0.05, 0) is 54.1 Å². The Morgan fingerprint density at radius 2 is 1.46 bits per heavy atom. The Balaban J connectivity index is 1.57. The molecule has 37 heavy (non-hydrogen) atoms. The molecule has 0 radical (unpaired) electrons. The number of halogens is 1. The average molecular weight is 507 g/mol. The molecule has 3 heterocycles. The zero-order valence-corrected chi connectivity index (χ0v) is 20.0. The van der Waals surface area contributed by atoms with E-state index in [1.807, 2.05) is 54.6 Å². The molecule has 9 heteroatoms. The highest BCUT2D eigenvalue weighted by atomic mass is 35.5. The first-order chi connectivity index (χ1) is 18.0. The Kier molecular flexibility index (Phi) is 5.43. The van der Waals surface area contributed by atoms with Gasteiger partial charge in [-0.3, -0.25) is 14.8 Å². The number of benzene rings is 3. The highest BCUT2D eigenvalue weighted by Gasteiger charge is 2.18. The first-order valence-corrected chi connectivity index (χ1v) is 11.8. The van der Waals surface area contributed by atoms with E-state index in [4.69, 9.17) is 22.0 Å². The second kappa shape index (κ2) is 8.92. The fourth-order valence-corrected chi connectivity index (χ4v) is 4.35. The molecular weight excluding hydrogens is 488 g/mol. The third-order valence-corrected chi connectivity index (χ3v) is 6.34. The molecule has 0 unspecified atom stereocenters. The van der Waals surface area contributed by atoms with Gasteiger partial charge < -0.3 is 5.21 Å². The number of fused-ring (bicyclic) bond motifs is 1. The van der Waals surface area contributed by atoms with Crippen LogP contribution in [0, 0.1) is 5.41 Å². The number of para-hydroxylation sites is 1. The van der Waals surface area contributed by atoms with Crippen LogP contribution in [0.3, 0.4) is 0 Å². The van der Waals surface area contributed by atoms with Crippen LogP contribution in [0.2, 0.25) is 5.02 Å². The molecule has 3 aromatic carbocycles. The lowest BCUT2D eigenvalue weighted by molar-refractivity contribution is 0.171. The second-order valence-electron chi connectivity index (χ2n) is 8.41. The van der Waals surface area contributed by atoms with Gasteiger partial charge in [0, 0.05) is 16.1 Å². The third-order valence-electron chi connectivity index (χ3n) is 6.09. The topological polar surface area (TPSA) is 102 Å². The van der Waals surface area contributed by atoms with Crippen LogP contribution in [-0.4, -0.2) is 29.3 Å². The average Bonchev–Trinajstić information content (AvgIpc) is 3.36. The van der Waals surface area contributed by atoms with Gasteiger partial charge >= 0.3 is 0 Å². The van der Waals surface area contributed by atoms with Gasteiger partial charge in [0.2, 0.25) is 0 Å². The summed E-state index contributed by atoms with van der Waals surface area (Å²) in [7, 11) is 0. The number of pyridine rings is 1. The molecule has 0 spiro atoms. The summed E-state index contributed by atoms with van der Waals surface area (Å²) in [4.78, 5) is 18.7. The minimum Gasteiger partial charge on any atom is -0.427 e. The molecule has 0 atom stereocenters. The van der Waals surface area contributed by atoms with Crippen LogP contribution in [0.5, 0.6) is 0 Å². The van der Waals surface area contributed by atoms with Gasteiger partial charge in [0.1, 0.15) is 11.2 Å². The molecule has 180 valence electrons. The summed E-state index contributed by atoms with van der Waals surface area (Å²) in [5.74, 6) is 0.447. The van der Waals surface area contributed by atoms with Crippen molar-refractivity contribution < 1.29 is 5.21 Å². The van der Waals surface area contributed by atoms with Gasteiger partial charge in [-0.25, -0.2) is 9.67 Å². The maximum atomic E-state index is 13.8. The van der Waals surface area contributed by atoms with Gasteiger partial charge in [0.15, 0.2) is 11.1 Å². The van der Waals surface area contributed by atoms with Crippen LogP contribution < -0.4 is 11.0 Å². The zero-order chi connectivity index (χ0) is 25.5. The fourth-order valence-electron chi connectivity index (χ4n) is 4.22. The maximum Gasteiger partial charge on any atom is 0.269 e. The first kappa shape index (κ1) is 22.5. The summed E-state index contributed by atoms with van der Waals surface area (Å²) >= 11 is 6.11. The molecule has 6 aromatic rings. The number of nitrogens with one attached hydrogen (secondary N) is 1. The highest BCUT2D eigenvalue weighted by molar-refractivity contribution is 6.30. The van der Waals surface area contributed by atoms with E-state index in [1.165, 1.54) is 18.5 Å². The Morgan fingerprint density at radius 1 is 0.784 bits per heavy atom. The van der Waals surface area contributed by atoms with Crippen molar-refractivity contribution in [3.63, 3.8) is 0 Å². The lowest BCUT2D eigenvalue weighted by Gasteiger charge is -2.14. The van der Waals surface area contributed by atoms with Crippen LogP contribution >= 0.6 is 11.6 Å². The molecule has 2 N–H and O–H groups in total. The van der Waals surface area contributed by atoms with E-state index in [0.717, 1.165) is 21.5 Å². The maximum absolute atomic E-state index is 13.8. The van der Waals surface area contributed by atoms with Gasteiger partial charge in [0.05, 0.1) is 23.8 Å². The third kappa shape index (κ3) is 3.99. The Labute approximate surface area is 215 Å². The number of hydrogen-bond acceptors (Lipinski definition) is 5. The van der Waals surface area contributed by atoms with Crippen LogP contribution in [0.25, 0.3) is 44.9 Å². The number of aromatic nitrogens is 5. The predicted octanol–water partition coefficient (Wildman–Crippen LogP) is 5.08. The standard InChI is InChI=1S/C28H19ClN6O2/c29-21-11-13-22(14-12-21)34-26(19-8-6-18(7-9-19)20-10-15-25(30)33(37)17-20)32-27-24(28(34)36)16-31-35(27)23-4-2-1-3-5-23/h1-17,30,37H. The Bertz CT molecular complexity index is 1870. The van der Waals surface area contributed by atoms with Crippen LogP contribution in [0.15, 0.2) is 108 Å². The molecule has 0 aliphatic rings. The van der Waals surface area contributed by atoms with E-state index in [9.17, 15) is 10.0 Å². The number of rotatable bonds is 4. The molecule has 0 saturated heterocycles. The zero-order valence-electron chi connectivity index (χ0n) is 19.3. The largest absolute Gasteiger partial charge is 0.427 e. The van der Waals surface area contributed by atoms with E-state index < -0.39 is 0 Å².